The van der Waals surface area contributed by atoms with Crippen LogP contribution in [0.2, 0.25) is 0 Å². The molecule has 5 rings (SSSR count). The van der Waals surface area contributed by atoms with Crippen LogP contribution in [0.3, 0.4) is 0 Å². The molecule has 2 aliphatic rings. The molecule has 0 bridgehead atoms. The number of nitrogens with one attached hydrogen (secondary N) is 2. The SMILES string of the molecule is CCn1cc(Nc2nc(NC3CCC(N4CCOCC4)CC3)c3cccn3n2)cn1. The molecule has 30 heavy (non-hydrogen) atoms. The molecule has 3 aromatic heterocycles. The third-order valence-corrected chi connectivity index (χ3v) is 6.20. The van der Waals surface area contributed by atoms with Crippen molar-refractivity contribution in [1.29, 1.82) is 0 Å². The molecule has 0 unspecified atom stereocenters. The van der Waals surface area contributed by atoms with E-state index in [1.807, 2.05) is 27.7 Å². The first-order chi connectivity index (χ1) is 14.8. The first-order valence-corrected chi connectivity index (χ1v) is 11.0. The third-order valence-electron chi connectivity index (χ3n) is 6.20. The van der Waals surface area contributed by atoms with E-state index in [2.05, 4.69) is 38.7 Å². The number of fused-ring (bicyclic) bond motifs is 1. The summed E-state index contributed by atoms with van der Waals surface area (Å²) in [6, 6.07) is 5.19. The molecule has 1 saturated heterocycles. The number of hydrogen-bond donors (Lipinski definition) is 2. The van der Waals surface area contributed by atoms with E-state index in [1.165, 1.54) is 12.8 Å². The van der Waals surface area contributed by atoms with Gasteiger partial charge in [-0.05, 0) is 44.7 Å². The monoisotopic (exact) mass is 410 g/mol. The smallest absolute Gasteiger partial charge is 0.247 e. The number of hydrogen-bond acceptors (Lipinski definition) is 7. The normalized spacial score (nSPS) is 23.0. The van der Waals surface area contributed by atoms with E-state index in [0.29, 0.717) is 18.0 Å². The number of rotatable bonds is 6. The summed E-state index contributed by atoms with van der Waals surface area (Å²) < 4.78 is 9.26. The van der Waals surface area contributed by atoms with E-state index < -0.39 is 0 Å². The predicted octanol–water partition coefficient (Wildman–Crippen LogP) is 2.74. The van der Waals surface area contributed by atoms with Gasteiger partial charge in [-0.3, -0.25) is 9.58 Å². The summed E-state index contributed by atoms with van der Waals surface area (Å²) in [6.45, 7) is 6.79. The Labute approximate surface area is 176 Å². The zero-order valence-electron chi connectivity index (χ0n) is 17.5. The molecule has 0 amide bonds. The van der Waals surface area contributed by atoms with Crippen molar-refractivity contribution in [2.45, 2.75) is 51.2 Å². The minimum absolute atomic E-state index is 0.437. The Balaban J connectivity index is 1.27. The summed E-state index contributed by atoms with van der Waals surface area (Å²) in [7, 11) is 0. The van der Waals surface area contributed by atoms with E-state index >= 15 is 0 Å². The number of morpholine rings is 1. The lowest BCUT2D eigenvalue weighted by molar-refractivity contribution is 0.00791. The van der Waals surface area contributed by atoms with Gasteiger partial charge in [-0.15, -0.1) is 5.10 Å². The Bertz CT molecular complexity index is 968. The maximum absolute atomic E-state index is 5.50. The van der Waals surface area contributed by atoms with Gasteiger partial charge in [0.15, 0.2) is 5.82 Å². The van der Waals surface area contributed by atoms with Gasteiger partial charge in [0.1, 0.15) is 5.52 Å². The zero-order valence-corrected chi connectivity index (χ0v) is 17.5. The van der Waals surface area contributed by atoms with Gasteiger partial charge in [-0.1, -0.05) is 0 Å². The summed E-state index contributed by atoms with van der Waals surface area (Å²) in [5.74, 6) is 1.45. The Morgan fingerprint density at radius 2 is 2.00 bits per heavy atom. The summed E-state index contributed by atoms with van der Waals surface area (Å²) in [6.07, 6.45) is 10.5. The van der Waals surface area contributed by atoms with Crippen molar-refractivity contribution in [2.24, 2.45) is 0 Å². The number of ether oxygens (including phenoxy) is 1. The summed E-state index contributed by atoms with van der Waals surface area (Å²) in [5, 5.41) is 15.9. The lowest BCUT2D eigenvalue weighted by atomic mass is 9.90. The van der Waals surface area contributed by atoms with Crippen LogP contribution in [0.5, 0.6) is 0 Å². The second kappa shape index (κ2) is 8.61. The minimum Gasteiger partial charge on any atom is -0.379 e. The first-order valence-electron chi connectivity index (χ1n) is 11.0. The van der Waals surface area contributed by atoms with E-state index in [0.717, 1.165) is 62.7 Å². The fourth-order valence-corrected chi connectivity index (χ4v) is 4.55. The molecule has 4 heterocycles. The second-order valence-corrected chi connectivity index (χ2v) is 8.13. The van der Waals surface area contributed by atoms with Gasteiger partial charge in [0, 0.05) is 44.1 Å². The Morgan fingerprint density at radius 1 is 1.17 bits per heavy atom. The fourth-order valence-electron chi connectivity index (χ4n) is 4.55. The van der Waals surface area contributed by atoms with Gasteiger partial charge in [0.05, 0.1) is 25.1 Å². The predicted molar refractivity (Wildman–Crippen MR) is 116 cm³/mol. The molecule has 0 spiro atoms. The van der Waals surface area contributed by atoms with Gasteiger partial charge < -0.3 is 15.4 Å². The summed E-state index contributed by atoms with van der Waals surface area (Å²) in [5.41, 5.74) is 1.89. The van der Waals surface area contributed by atoms with Crippen LogP contribution in [-0.4, -0.2) is 67.7 Å². The van der Waals surface area contributed by atoms with Gasteiger partial charge in [0.25, 0.3) is 0 Å². The highest BCUT2D eigenvalue weighted by atomic mass is 16.5. The molecule has 0 atom stereocenters. The maximum atomic E-state index is 5.50. The molecule has 3 aromatic rings. The topological polar surface area (TPSA) is 84.5 Å². The molecular weight excluding hydrogens is 380 g/mol. The molecule has 0 radical (unpaired) electrons. The maximum Gasteiger partial charge on any atom is 0.247 e. The lowest BCUT2D eigenvalue weighted by Gasteiger charge is -2.39. The average molecular weight is 411 g/mol. The van der Waals surface area contributed by atoms with E-state index in [9.17, 15) is 0 Å². The van der Waals surface area contributed by atoms with Gasteiger partial charge in [-0.2, -0.15) is 10.1 Å². The molecule has 2 fully saturated rings. The standard InChI is InChI=1S/C21H30N8O/c1-2-28-15-17(14-22-28)24-21-25-20(19-4-3-9-29(19)26-21)23-16-5-7-18(8-6-16)27-10-12-30-13-11-27/h3-4,9,14-16,18H,2,5-8,10-13H2,1H3,(H2,23,24,25,26). The van der Waals surface area contributed by atoms with E-state index in [4.69, 9.17) is 9.72 Å². The number of anilines is 3. The molecular formula is C21H30N8O. The van der Waals surface area contributed by atoms with Crippen LogP contribution in [0.25, 0.3) is 5.52 Å². The highest BCUT2D eigenvalue weighted by Gasteiger charge is 2.27. The first kappa shape index (κ1) is 19.3. The fraction of sp³-hybridized carbons (Fsp3) is 0.571. The lowest BCUT2D eigenvalue weighted by Crippen LogP contribution is -2.46. The van der Waals surface area contributed by atoms with Gasteiger partial charge in [0.2, 0.25) is 5.95 Å². The second-order valence-electron chi connectivity index (χ2n) is 8.13. The van der Waals surface area contributed by atoms with Crippen LogP contribution < -0.4 is 10.6 Å². The molecule has 1 aliphatic carbocycles. The number of aryl methyl sites for hydroxylation is 1. The van der Waals surface area contributed by atoms with Crippen LogP contribution >= 0.6 is 0 Å². The summed E-state index contributed by atoms with van der Waals surface area (Å²) in [4.78, 5) is 7.39. The van der Waals surface area contributed by atoms with Crippen LogP contribution in [-0.2, 0) is 11.3 Å². The van der Waals surface area contributed by atoms with Gasteiger partial charge in [-0.25, -0.2) is 4.52 Å². The average Bonchev–Trinajstić information content (AvgIpc) is 3.44. The van der Waals surface area contributed by atoms with Crippen molar-refractivity contribution in [1.82, 2.24) is 29.3 Å². The van der Waals surface area contributed by atoms with Crippen molar-refractivity contribution in [3.05, 3.63) is 30.7 Å². The van der Waals surface area contributed by atoms with Crippen LogP contribution in [0, 0.1) is 0 Å². The Morgan fingerprint density at radius 3 is 2.77 bits per heavy atom. The molecule has 1 aliphatic heterocycles. The zero-order chi connectivity index (χ0) is 20.3. The minimum atomic E-state index is 0.437. The highest BCUT2D eigenvalue weighted by Crippen LogP contribution is 2.27. The van der Waals surface area contributed by atoms with E-state index in [-0.39, 0.29) is 0 Å². The molecule has 1 saturated carbocycles. The van der Waals surface area contributed by atoms with Crippen molar-refractivity contribution in [2.75, 3.05) is 36.9 Å². The number of nitrogens with zero attached hydrogens (tertiary/aromatic N) is 6. The van der Waals surface area contributed by atoms with Crippen molar-refractivity contribution < 1.29 is 4.74 Å². The largest absolute Gasteiger partial charge is 0.379 e. The number of aromatic nitrogens is 5. The molecule has 160 valence electrons. The highest BCUT2D eigenvalue weighted by molar-refractivity contribution is 5.69. The Kier molecular flexibility index (Phi) is 5.54. The van der Waals surface area contributed by atoms with Crippen molar-refractivity contribution in [3.63, 3.8) is 0 Å². The Hall–Kier alpha value is -2.65. The molecule has 9 heteroatoms. The molecule has 2 N–H and O–H groups in total. The molecule has 9 nitrogen and oxygen atoms in total. The van der Waals surface area contributed by atoms with Crippen molar-refractivity contribution in [3.8, 4) is 0 Å². The van der Waals surface area contributed by atoms with Crippen LogP contribution in [0.1, 0.15) is 32.6 Å². The summed E-state index contributed by atoms with van der Waals surface area (Å²) >= 11 is 0. The van der Waals surface area contributed by atoms with E-state index in [1.54, 1.807) is 6.20 Å². The van der Waals surface area contributed by atoms with Crippen molar-refractivity contribution >= 4 is 23.0 Å². The third kappa shape index (κ3) is 4.13. The molecule has 0 aromatic carbocycles. The quantitative estimate of drug-likeness (QED) is 0.646. The van der Waals surface area contributed by atoms with Gasteiger partial charge >= 0.3 is 0 Å². The van der Waals surface area contributed by atoms with Crippen LogP contribution in [0.4, 0.5) is 17.5 Å². The van der Waals surface area contributed by atoms with Crippen LogP contribution in [0.15, 0.2) is 30.7 Å².